The van der Waals surface area contributed by atoms with Crippen LogP contribution in [-0.4, -0.2) is 28.5 Å². The molecule has 8 heteroatoms. The van der Waals surface area contributed by atoms with Crippen LogP contribution in [-0.2, 0) is 17.9 Å². The number of anilines is 1. The molecule has 0 aliphatic heterocycles. The molecule has 242 valence electrons. The van der Waals surface area contributed by atoms with Gasteiger partial charge in [-0.1, -0.05) is 35.3 Å². The number of benzene rings is 3. The highest BCUT2D eigenvalue weighted by Crippen LogP contribution is 2.61. The lowest BCUT2D eigenvalue weighted by Gasteiger charge is -2.57. The number of rotatable bonds is 12. The second kappa shape index (κ2) is 12.9. The highest BCUT2D eigenvalue weighted by Gasteiger charge is 2.51. The van der Waals surface area contributed by atoms with Gasteiger partial charge >= 0.3 is 0 Å². The molecule has 1 amide bonds. The Bertz CT molecular complexity index is 1690. The molecule has 3 aromatic carbocycles. The standard InChI is InChI=1S/C38H45Cl2N5O/c1-3-44(4-2)30-9-6-28(7-10-30)37-43-34-17-29(33(18-36(41)46)42-22-24-5-11-31(39)32(40)16-24)8-12-35(34)45(37)23-38-19-25-13-26(20-38)15-27(14-25)21-38/h5-12,16-17,25-27,33,42H,3-4,13-15,18-23H2,1-2H3,(H2,41,46). The van der Waals surface area contributed by atoms with Crippen LogP contribution in [0, 0.1) is 23.2 Å². The van der Waals surface area contributed by atoms with Crippen molar-refractivity contribution in [3.63, 3.8) is 0 Å². The van der Waals surface area contributed by atoms with Gasteiger partial charge in [-0.3, -0.25) is 4.79 Å². The number of aromatic nitrogens is 2. The normalized spacial score (nSPS) is 24.0. The van der Waals surface area contributed by atoms with E-state index in [-0.39, 0.29) is 18.4 Å². The van der Waals surface area contributed by atoms with E-state index < -0.39 is 0 Å². The van der Waals surface area contributed by atoms with Crippen molar-refractivity contribution in [3.05, 3.63) is 81.8 Å². The minimum Gasteiger partial charge on any atom is -0.372 e. The monoisotopic (exact) mass is 657 g/mol. The van der Waals surface area contributed by atoms with Gasteiger partial charge in [-0.15, -0.1) is 0 Å². The third-order valence-electron chi connectivity index (χ3n) is 11.0. The molecule has 4 aromatic rings. The Hall–Kier alpha value is -3.06. The second-order valence-electron chi connectivity index (χ2n) is 14.3. The van der Waals surface area contributed by atoms with Crippen LogP contribution in [0.1, 0.15) is 76.0 Å². The molecule has 1 atom stereocenters. The van der Waals surface area contributed by atoms with E-state index in [4.69, 9.17) is 33.9 Å². The molecule has 4 bridgehead atoms. The topological polar surface area (TPSA) is 76.2 Å². The molecule has 4 fully saturated rings. The summed E-state index contributed by atoms with van der Waals surface area (Å²) in [5, 5.41) is 4.57. The fourth-order valence-corrected chi connectivity index (χ4v) is 9.69. The van der Waals surface area contributed by atoms with Crippen molar-refractivity contribution in [1.82, 2.24) is 14.9 Å². The number of amides is 1. The molecule has 0 saturated heterocycles. The first kappa shape index (κ1) is 31.5. The van der Waals surface area contributed by atoms with Gasteiger partial charge in [-0.2, -0.15) is 0 Å². The van der Waals surface area contributed by atoms with E-state index in [1.165, 1.54) is 44.2 Å². The molecule has 4 aliphatic carbocycles. The molecule has 0 spiro atoms. The summed E-state index contributed by atoms with van der Waals surface area (Å²) in [5.74, 6) is 3.35. The molecule has 0 radical (unpaired) electrons. The van der Waals surface area contributed by atoms with E-state index in [0.717, 1.165) is 70.9 Å². The van der Waals surface area contributed by atoms with Crippen molar-refractivity contribution in [2.24, 2.45) is 28.9 Å². The summed E-state index contributed by atoms with van der Waals surface area (Å²) in [6.45, 7) is 7.90. The van der Waals surface area contributed by atoms with Crippen LogP contribution < -0.4 is 16.0 Å². The Morgan fingerprint density at radius 2 is 1.63 bits per heavy atom. The van der Waals surface area contributed by atoms with Crippen molar-refractivity contribution in [1.29, 1.82) is 0 Å². The zero-order chi connectivity index (χ0) is 32.0. The number of hydrogen-bond acceptors (Lipinski definition) is 4. The van der Waals surface area contributed by atoms with Gasteiger partial charge in [0.05, 0.1) is 21.1 Å². The van der Waals surface area contributed by atoms with Gasteiger partial charge in [0.1, 0.15) is 5.82 Å². The zero-order valence-corrected chi connectivity index (χ0v) is 28.5. The Morgan fingerprint density at radius 3 is 2.24 bits per heavy atom. The smallest absolute Gasteiger partial charge is 0.219 e. The molecule has 8 rings (SSSR count). The van der Waals surface area contributed by atoms with Gasteiger partial charge in [0.15, 0.2) is 0 Å². The molecule has 1 aromatic heterocycles. The molecule has 46 heavy (non-hydrogen) atoms. The van der Waals surface area contributed by atoms with Crippen molar-refractivity contribution in [2.45, 2.75) is 77.9 Å². The number of hydrogen-bond donors (Lipinski definition) is 2. The predicted molar refractivity (Wildman–Crippen MR) is 189 cm³/mol. The van der Waals surface area contributed by atoms with Crippen molar-refractivity contribution in [3.8, 4) is 11.4 Å². The lowest BCUT2D eigenvalue weighted by Crippen LogP contribution is -2.47. The van der Waals surface area contributed by atoms with E-state index in [9.17, 15) is 4.79 Å². The van der Waals surface area contributed by atoms with E-state index in [1.807, 2.05) is 12.1 Å². The molecule has 4 aliphatic rings. The number of carbonyl (C=O) groups excluding carboxylic acids is 1. The quantitative estimate of drug-likeness (QED) is 0.160. The number of nitrogens with zero attached hydrogens (tertiary/aromatic N) is 3. The number of imidazole rings is 1. The number of nitrogens with one attached hydrogen (secondary N) is 1. The first-order chi connectivity index (χ1) is 22.2. The maximum atomic E-state index is 12.2. The minimum atomic E-state index is -0.354. The first-order valence-corrected chi connectivity index (χ1v) is 17.8. The summed E-state index contributed by atoms with van der Waals surface area (Å²) in [6.07, 6.45) is 8.51. The molecular weight excluding hydrogens is 613 g/mol. The van der Waals surface area contributed by atoms with Crippen molar-refractivity contribution >= 4 is 45.8 Å². The summed E-state index contributed by atoms with van der Waals surface area (Å²) >= 11 is 12.4. The SMILES string of the molecule is CCN(CC)c1ccc(-c2nc3cc(C(CC(N)=O)NCc4ccc(Cl)c(Cl)c4)ccc3n2CC23CC4CC(CC(C4)C2)C3)cc1. The van der Waals surface area contributed by atoms with Crippen LogP contribution in [0.2, 0.25) is 10.0 Å². The third-order valence-corrected chi connectivity index (χ3v) is 11.8. The highest BCUT2D eigenvalue weighted by molar-refractivity contribution is 6.42. The van der Waals surface area contributed by atoms with E-state index in [0.29, 0.717) is 22.0 Å². The van der Waals surface area contributed by atoms with Gasteiger partial charge in [0, 0.05) is 49.9 Å². The summed E-state index contributed by atoms with van der Waals surface area (Å²) in [4.78, 5) is 19.9. The Balaban J connectivity index is 1.25. The lowest BCUT2D eigenvalue weighted by molar-refractivity contribution is -0.118. The predicted octanol–water partition coefficient (Wildman–Crippen LogP) is 8.78. The molecule has 3 N–H and O–H groups in total. The molecule has 4 saturated carbocycles. The second-order valence-corrected chi connectivity index (χ2v) is 15.1. The number of primary amides is 1. The molecular formula is C38H45Cl2N5O. The Labute approximate surface area is 282 Å². The third kappa shape index (κ3) is 6.28. The van der Waals surface area contributed by atoms with Gasteiger partial charge in [0.25, 0.3) is 0 Å². The maximum Gasteiger partial charge on any atom is 0.219 e. The van der Waals surface area contributed by atoms with Gasteiger partial charge < -0.3 is 20.5 Å². The average Bonchev–Trinajstić information content (AvgIpc) is 3.37. The maximum absolute atomic E-state index is 12.2. The van der Waals surface area contributed by atoms with E-state index in [2.05, 4.69) is 71.1 Å². The highest BCUT2D eigenvalue weighted by atomic mass is 35.5. The molecule has 1 heterocycles. The van der Waals surface area contributed by atoms with Gasteiger partial charge in [0.2, 0.25) is 5.91 Å². The summed E-state index contributed by atoms with van der Waals surface area (Å²) in [7, 11) is 0. The number of carbonyl (C=O) groups is 1. The van der Waals surface area contributed by atoms with Gasteiger partial charge in [-0.05, 0) is 135 Å². The Morgan fingerprint density at radius 1 is 0.957 bits per heavy atom. The minimum absolute atomic E-state index is 0.181. The first-order valence-electron chi connectivity index (χ1n) is 17.0. The van der Waals surface area contributed by atoms with Crippen LogP contribution in [0.5, 0.6) is 0 Å². The van der Waals surface area contributed by atoms with Crippen molar-refractivity contribution < 1.29 is 4.79 Å². The van der Waals surface area contributed by atoms with Crippen LogP contribution in [0.4, 0.5) is 5.69 Å². The summed E-state index contributed by atoms with van der Waals surface area (Å²) in [5.41, 5.74) is 12.6. The number of halogens is 2. The average molecular weight is 659 g/mol. The lowest BCUT2D eigenvalue weighted by atomic mass is 9.49. The van der Waals surface area contributed by atoms with E-state index in [1.54, 1.807) is 6.07 Å². The fourth-order valence-electron chi connectivity index (χ4n) is 9.37. The Kier molecular flexibility index (Phi) is 8.81. The largest absolute Gasteiger partial charge is 0.372 e. The number of fused-ring (bicyclic) bond motifs is 1. The molecule has 6 nitrogen and oxygen atoms in total. The van der Waals surface area contributed by atoms with Crippen LogP contribution in [0.3, 0.4) is 0 Å². The van der Waals surface area contributed by atoms with Crippen molar-refractivity contribution in [2.75, 3.05) is 18.0 Å². The van der Waals surface area contributed by atoms with Crippen LogP contribution in [0.25, 0.3) is 22.4 Å². The number of nitrogens with two attached hydrogens (primary N) is 1. The summed E-state index contributed by atoms with van der Waals surface area (Å²) in [6, 6.07) is 20.8. The zero-order valence-electron chi connectivity index (χ0n) is 26.9. The molecule has 1 unspecified atom stereocenters. The van der Waals surface area contributed by atoms with Gasteiger partial charge in [-0.25, -0.2) is 4.98 Å². The van der Waals surface area contributed by atoms with E-state index >= 15 is 0 Å². The summed E-state index contributed by atoms with van der Waals surface area (Å²) < 4.78 is 2.52. The van der Waals surface area contributed by atoms with Crippen LogP contribution in [0.15, 0.2) is 60.7 Å². The van der Waals surface area contributed by atoms with Crippen LogP contribution >= 0.6 is 23.2 Å². The fraction of sp³-hybridized carbons (Fsp3) is 0.474.